The van der Waals surface area contributed by atoms with Crippen LogP contribution in [0, 0.1) is 0 Å². The van der Waals surface area contributed by atoms with E-state index in [1.54, 1.807) is 6.07 Å². The van der Waals surface area contributed by atoms with Crippen LogP contribution in [0.3, 0.4) is 0 Å². The Morgan fingerprint density at radius 1 is 1.32 bits per heavy atom. The van der Waals surface area contributed by atoms with Crippen LogP contribution in [0.25, 0.3) is 0 Å². The van der Waals surface area contributed by atoms with Gasteiger partial charge in [0.15, 0.2) is 0 Å². The average molecular weight is 308 g/mol. The first-order valence-corrected chi connectivity index (χ1v) is 7.87. The highest BCUT2D eigenvalue weighted by atomic mass is 16.8. The molecule has 7 heteroatoms. The molecule has 0 saturated carbocycles. The van der Waals surface area contributed by atoms with E-state index >= 15 is 0 Å². The fraction of sp³-hybridized carbons (Fsp3) is 0.600. The van der Waals surface area contributed by atoms with Gasteiger partial charge in [-0.1, -0.05) is 0 Å². The second-order valence-electron chi connectivity index (χ2n) is 5.74. The molecule has 0 radical (unpaired) electrons. The van der Waals surface area contributed by atoms with Gasteiger partial charge < -0.3 is 20.3 Å². The summed E-state index contributed by atoms with van der Waals surface area (Å²) < 4.78 is 5.60. The Morgan fingerprint density at radius 3 is 2.82 bits per heavy atom. The van der Waals surface area contributed by atoms with Gasteiger partial charge in [-0.25, -0.2) is 0 Å². The fourth-order valence-corrected chi connectivity index (χ4v) is 2.99. The zero-order chi connectivity index (χ0) is 15.4. The van der Waals surface area contributed by atoms with Crippen LogP contribution in [0.15, 0.2) is 18.2 Å². The van der Waals surface area contributed by atoms with E-state index in [1.165, 1.54) is 0 Å². The van der Waals surface area contributed by atoms with E-state index in [-0.39, 0.29) is 11.3 Å². The van der Waals surface area contributed by atoms with Crippen molar-refractivity contribution in [1.82, 2.24) is 5.32 Å². The summed E-state index contributed by atoms with van der Waals surface area (Å²) in [4.78, 5) is 2.29. The van der Waals surface area contributed by atoms with Crippen LogP contribution in [-0.4, -0.2) is 55.8 Å². The third-order valence-electron chi connectivity index (χ3n) is 4.22. The van der Waals surface area contributed by atoms with E-state index in [4.69, 9.17) is 4.74 Å². The topological polar surface area (TPSA) is 80.2 Å². The lowest BCUT2D eigenvalue weighted by Gasteiger charge is -2.30. The highest BCUT2D eigenvalue weighted by Gasteiger charge is 2.18. The molecule has 2 fully saturated rings. The highest BCUT2D eigenvalue weighted by Crippen LogP contribution is 2.30. The van der Waals surface area contributed by atoms with Crippen molar-refractivity contribution in [3.8, 4) is 0 Å². The van der Waals surface area contributed by atoms with Gasteiger partial charge in [-0.05, 0) is 31.0 Å². The standard InChI is InChI=1S/C15H24N4O3/c20-19(21)15-4-3-12(18-7-5-16-6-8-18)10-14(15)17-11-13-2-1-9-22-13/h3-4,10,13,16-17,20-21H,1-2,5-9,11H2. The van der Waals surface area contributed by atoms with E-state index in [9.17, 15) is 10.4 Å². The van der Waals surface area contributed by atoms with Gasteiger partial charge in [0, 0.05) is 45.0 Å². The third-order valence-corrected chi connectivity index (χ3v) is 4.22. The maximum Gasteiger partial charge on any atom is 0.117 e. The molecule has 7 nitrogen and oxygen atoms in total. The smallest absolute Gasteiger partial charge is 0.117 e. The Bertz CT molecular complexity index is 486. The number of anilines is 3. The van der Waals surface area contributed by atoms with Crippen LogP contribution in [0.4, 0.5) is 17.1 Å². The molecular formula is C15H24N4O3. The number of hydrogen-bond donors (Lipinski definition) is 4. The van der Waals surface area contributed by atoms with Gasteiger partial charge in [-0.2, -0.15) is 0 Å². The van der Waals surface area contributed by atoms with Crippen molar-refractivity contribution in [3.63, 3.8) is 0 Å². The summed E-state index contributed by atoms with van der Waals surface area (Å²) in [5.74, 6) is 0. The lowest BCUT2D eigenvalue weighted by molar-refractivity contribution is 0.0295. The molecular weight excluding hydrogens is 284 g/mol. The molecule has 1 aromatic carbocycles. The Balaban J connectivity index is 1.74. The summed E-state index contributed by atoms with van der Waals surface area (Å²) in [7, 11) is 0. The summed E-state index contributed by atoms with van der Waals surface area (Å²) in [5.41, 5.74) is 2.13. The van der Waals surface area contributed by atoms with Gasteiger partial charge in [-0.3, -0.25) is 10.4 Å². The monoisotopic (exact) mass is 308 g/mol. The molecule has 2 aliphatic heterocycles. The van der Waals surface area contributed by atoms with Crippen LogP contribution in [0.5, 0.6) is 0 Å². The fourth-order valence-electron chi connectivity index (χ4n) is 2.99. The quantitative estimate of drug-likeness (QED) is 0.610. The summed E-state index contributed by atoms with van der Waals surface area (Å²) in [5, 5.41) is 25.6. The lowest BCUT2D eigenvalue weighted by atomic mass is 10.2. The number of piperazine rings is 1. The van der Waals surface area contributed by atoms with Gasteiger partial charge in [0.05, 0.1) is 11.8 Å². The van der Waals surface area contributed by atoms with Crippen molar-refractivity contribution in [2.45, 2.75) is 18.9 Å². The summed E-state index contributed by atoms with van der Waals surface area (Å²) in [6.07, 6.45) is 2.33. The highest BCUT2D eigenvalue weighted by molar-refractivity contribution is 5.73. The minimum atomic E-state index is 0.166. The number of nitrogens with one attached hydrogen (secondary N) is 2. The van der Waals surface area contributed by atoms with E-state index in [0.29, 0.717) is 17.9 Å². The molecule has 2 heterocycles. The molecule has 1 unspecified atom stereocenters. The van der Waals surface area contributed by atoms with E-state index in [0.717, 1.165) is 51.3 Å². The van der Waals surface area contributed by atoms with Crippen molar-refractivity contribution < 1.29 is 15.2 Å². The molecule has 122 valence electrons. The second kappa shape index (κ2) is 7.15. The lowest BCUT2D eigenvalue weighted by Crippen LogP contribution is -2.43. The second-order valence-corrected chi connectivity index (χ2v) is 5.74. The predicted molar refractivity (Wildman–Crippen MR) is 85.0 cm³/mol. The maximum absolute atomic E-state index is 9.39. The largest absolute Gasteiger partial charge is 0.381 e. The molecule has 4 N–H and O–H groups in total. The van der Waals surface area contributed by atoms with Gasteiger partial charge in [0.2, 0.25) is 0 Å². The van der Waals surface area contributed by atoms with Gasteiger partial charge >= 0.3 is 0 Å². The molecule has 0 aliphatic carbocycles. The van der Waals surface area contributed by atoms with E-state index in [1.807, 2.05) is 12.1 Å². The average Bonchev–Trinajstić information content (AvgIpc) is 3.07. The summed E-state index contributed by atoms with van der Waals surface area (Å²) in [6, 6.07) is 5.60. The molecule has 2 saturated heterocycles. The normalized spacial score (nSPS) is 21.9. The van der Waals surface area contributed by atoms with Crippen molar-refractivity contribution in [3.05, 3.63) is 18.2 Å². The summed E-state index contributed by atoms with van der Waals surface area (Å²) >= 11 is 0. The molecule has 0 bridgehead atoms. The van der Waals surface area contributed by atoms with Crippen LogP contribution in [-0.2, 0) is 4.74 Å². The van der Waals surface area contributed by atoms with E-state index < -0.39 is 0 Å². The number of benzene rings is 1. The number of hydrogen-bond acceptors (Lipinski definition) is 7. The van der Waals surface area contributed by atoms with Crippen LogP contribution < -0.4 is 20.8 Å². The molecule has 22 heavy (non-hydrogen) atoms. The summed E-state index contributed by atoms with van der Waals surface area (Å²) in [6.45, 7) is 5.32. The number of nitrogens with zero attached hydrogens (tertiary/aromatic N) is 2. The molecule has 0 aromatic heterocycles. The Morgan fingerprint density at radius 2 is 2.14 bits per heavy atom. The zero-order valence-electron chi connectivity index (χ0n) is 12.7. The first kappa shape index (κ1) is 15.4. The van der Waals surface area contributed by atoms with E-state index in [2.05, 4.69) is 15.5 Å². The minimum absolute atomic E-state index is 0.166. The molecule has 1 atom stereocenters. The van der Waals surface area contributed by atoms with Crippen molar-refractivity contribution >= 4 is 17.1 Å². The SMILES string of the molecule is ON(O)c1ccc(N2CCNCC2)cc1NCC1CCCO1. The molecule has 1 aromatic rings. The van der Waals surface area contributed by atoms with Crippen molar-refractivity contribution in [1.29, 1.82) is 0 Å². The third kappa shape index (κ3) is 3.61. The molecule has 3 rings (SSSR count). The number of ether oxygens (including phenoxy) is 1. The van der Waals surface area contributed by atoms with Crippen LogP contribution in [0.2, 0.25) is 0 Å². The Labute approximate surface area is 130 Å². The first-order chi connectivity index (χ1) is 10.7. The van der Waals surface area contributed by atoms with Crippen LogP contribution >= 0.6 is 0 Å². The molecule has 2 aliphatic rings. The first-order valence-electron chi connectivity index (χ1n) is 7.87. The predicted octanol–water partition coefficient (Wildman–Crippen LogP) is 1.27. The van der Waals surface area contributed by atoms with Gasteiger partial charge in [0.1, 0.15) is 5.69 Å². The Kier molecular flexibility index (Phi) is 4.99. The molecule has 0 amide bonds. The Hall–Kier alpha value is -1.54. The number of rotatable bonds is 5. The van der Waals surface area contributed by atoms with Gasteiger partial charge in [0.25, 0.3) is 0 Å². The van der Waals surface area contributed by atoms with Crippen molar-refractivity contribution in [2.24, 2.45) is 0 Å². The van der Waals surface area contributed by atoms with Gasteiger partial charge in [-0.15, -0.1) is 5.23 Å². The molecule has 0 spiro atoms. The zero-order valence-corrected chi connectivity index (χ0v) is 12.7. The van der Waals surface area contributed by atoms with Crippen molar-refractivity contribution in [2.75, 3.05) is 54.8 Å². The van der Waals surface area contributed by atoms with Crippen LogP contribution in [0.1, 0.15) is 12.8 Å². The minimum Gasteiger partial charge on any atom is -0.381 e. The maximum atomic E-state index is 9.39.